The smallest absolute Gasteiger partial charge is 0.115 e. The van der Waals surface area contributed by atoms with E-state index in [0.29, 0.717) is 5.75 Å². The fourth-order valence-corrected chi connectivity index (χ4v) is 2.99. The molecule has 2 aromatic carbocycles. The maximum absolute atomic E-state index is 9.66. The molecule has 0 radical (unpaired) electrons. The largest absolute Gasteiger partial charge is 0.508 e. The second-order valence-corrected chi connectivity index (χ2v) is 5.85. The highest BCUT2D eigenvalue weighted by Gasteiger charge is 2.09. The van der Waals surface area contributed by atoms with E-state index >= 15 is 0 Å². The van der Waals surface area contributed by atoms with Gasteiger partial charge in [0.2, 0.25) is 0 Å². The molecule has 0 heterocycles. The van der Waals surface area contributed by atoms with E-state index in [1.807, 2.05) is 12.1 Å². The minimum atomic E-state index is 0.361. The Hall–Kier alpha value is -2.02. The summed E-state index contributed by atoms with van der Waals surface area (Å²) in [6, 6.07) is 12.5. The Morgan fingerprint density at radius 3 is 2.29 bits per heavy atom. The Balaban J connectivity index is 1.92. The summed E-state index contributed by atoms with van der Waals surface area (Å²) >= 11 is 0. The van der Waals surface area contributed by atoms with Crippen LogP contribution in [0, 0.1) is 0 Å². The van der Waals surface area contributed by atoms with Gasteiger partial charge >= 0.3 is 0 Å². The number of benzene rings is 2. The van der Waals surface area contributed by atoms with E-state index in [4.69, 9.17) is 0 Å². The monoisotopic (exact) mass is 278 g/mol. The third-order valence-electron chi connectivity index (χ3n) is 4.26. The fraction of sp³-hybridized carbons (Fsp3) is 0.300. The second kappa shape index (κ2) is 6.17. The number of aromatic hydroxyl groups is 1. The molecule has 0 aliphatic heterocycles. The lowest BCUT2D eigenvalue weighted by atomic mass is 9.91. The molecule has 0 fully saturated rings. The number of unbranched alkanes of at least 4 members (excludes halogenated alkanes) is 1. The number of aryl methyl sites for hydroxylation is 3. The Morgan fingerprint density at radius 2 is 1.57 bits per heavy atom. The highest BCUT2D eigenvalue weighted by molar-refractivity contribution is 5.74. The highest BCUT2D eigenvalue weighted by atomic mass is 16.3. The Labute approximate surface area is 127 Å². The maximum Gasteiger partial charge on any atom is 0.115 e. The van der Waals surface area contributed by atoms with Crippen LogP contribution in [0.4, 0.5) is 0 Å². The molecule has 1 N–H and O–H groups in total. The third-order valence-corrected chi connectivity index (χ3v) is 4.26. The summed E-state index contributed by atoms with van der Waals surface area (Å²) in [5.74, 6) is 0.361. The van der Waals surface area contributed by atoms with Gasteiger partial charge in [0.25, 0.3) is 0 Å². The van der Waals surface area contributed by atoms with Gasteiger partial charge in [-0.3, -0.25) is 0 Å². The first-order valence-electron chi connectivity index (χ1n) is 7.88. The summed E-state index contributed by atoms with van der Waals surface area (Å²) in [5.41, 5.74) is 6.65. The van der Waals surface area contributed by atoms with Crippen molar-refractivity contribution in [3.63, 3.8) is 0 Å². The normalized spacial score (nSPS) is 14.7. The predicted molar refractivity (Wildman–Crippen MR) is 89.5 cm³/mol. The molecule has 1 aliphatic rings. The summed E-state index contributed by atoms with van der Waals surface area (Å²) in [6.45, 7) is 2.24. The van der Waals surface area contributed by atoms with Crippen LogP contribution in [-0.2, 0) is 19.3 Å². The van der Waals surface area contributed by atoms with Gasteiger partial charge < -0.3 is 5.11 Å². The van der Waals surface area contributed by atoms with Crippen LogP contribution >= 0.6 is 0 Å². The van der Waals surface area contributed by atoms with E-state index in [1.165, 1.54) is 47.1 Å². The van der Waals surface area contributed by atoms with Gasteiger partial charge in [0, 0.05) is 0 Å². The standard InChI is InChI=1S/C20H22O/c1-2-3-4-15-5-6-16-7-8-17-11-12-20(21)14-19(17)10-9-18(16)13-15/h5-8,11-14,21H,2-4,9-10H2,1H3/b8-7-. The lowest BCUT2D eigenvalue weighted by molar-refractivity contribution is 0.474. The Kier molecular flexibility index (Phi) is 4.10. The summed E-state index contributed by atoms with van der Waals surface area (Å²) in [4.78, 5) is 0. The minimum absolute atomic E-state index is 0.361. The molecule has 108 valence electrons. The van der Waals surface area contributed by atoms with Crippen molar-refractivity contribution in [2.24, 2.45) is 0 Å². The first kappa shape index (κ1) is 13.9. The molecular weight excluding hydrogens is 256 g/mol. The minimum Gasteiger partial charge on any atom is -0.508 e. The topological polar surface area (TPSA) is 20.2 Å². The van der Waals surface area contributed by atoms with Crippen LogP contribution in [0.25, 0.3) is 12.2 Å². The van der Waals surface area contributed by atoms with E-state index in [9.17, 15) is 5.11 Å². The molecule has 2 aromatic rings. The van der Waals surface area contributed by atoms with Crippen LogP contribution in [0.2, 0.25) is 0 Å². The van der Waals surface area contributed by atoms with Crippen molar-refractivity contribution in [1.29, 1.82) is 0 Å². The summed E-state index contributed by atoms with van der Waals surface area (Å²) < 4.78 is 0. The van der Waals surface area contributed by atoms with Crippen LogP contribution < -0.4 is 0 Å². The van der Waals surface area contributed by atoms with Crippen molar-refractivity contribution < 1.29 is 5.11 Å². The first-order valence-corrected chi connectivity index (χ1v) is 7.88. The van der Waals surface area contributed by atoms with Gasteiger partial charge in [-0.15, -0.1) is 0 Å². The first-order chi connectivity index (χ1) is 10.3. The van der Waals surface area contributed by atoms with Crippen LogP contribution in [0.5, 0.6) is 5.75 Å². The molecule has 0 bridgehead atoms. The average Bonchev–Trinajstić information content (AvgIpc) is 2.48. The molecule has 0 saturated heterocycles. The number of phenolic OH excluding ortho intramolecular Hbond substituents is 1. The van der Waals surface area contributed by atoms with Gasteiger partial charge in [-0.1, -0.05) is 49.8 Å². The van der Waals surface area contributed by atoms with Crippen molar-refractivity contribution >= 4 is 12.2 Å². The van der Waals surface area contributed by atoms with Crippen LogP contribution in [-0.4, -0.2) is 5.11 Å². The number of phenols is 1. The van der Waals surface area contributed by atoms with E-state index in [0.717, 1.165) is 12.8 Å². The molecule has 1 heteroatoms. The summed E-state index contributed by atoms with van der Waals surface area (Å²) in [5, 5.41) is 9.66. The van der Waals surface area contributed by atoms with Gasteiger partial charge in [-0.2, -0.15) is 0 Å². The molecule has 21 heavy (non-hydrogen) atoms. The molecule has 3 rings (SSSR count). The lowest BCUT2D eigenvalue weighted by Crippen LogP contribution is -2.00. The molecule has 1 aliphatic carbocycles. The molecule has 0 spiro atoms. The van der Waals surface area contributed by atoms with E-state index < -0.39 is 0 Å². The maximum atomic E-state index is 9.66. The zero-order chi connectivity index (χ0) is 14.7. The predicted octanol–water partition coefficient (Wildman–Crippen LogP) is 5.00. The summed E-state index contributed by atoms with van der Waals surface area (Å²) in [6.07, 6.45) is 10.1. The van der Waals surface area contributed by atoms with Crippen LogP contribution in [0.1, 0.15) is 47.6 Å². The van der Waals surface area contributed by atoms with E-state index in [-0.39, 0.29) is 0 Å². The van der Waals surface area contributed by atoms with Crippen molar-refractivity contribution in [3.05, 3.63) is 64.2 Å². The number of fused-ring (bicyclic) bond motifs is 2. The second-order valence-electron chi connectivity index (χ2n) is 5.85. The quantitative estimate of drug-likeness (QED) is 0.837. The zero-order valence-corrected chi connectivity index (χ0v) is 12.6. The fourth-order valence-electron chi connectivity index (χ4n) is 2.99. The van der Waals surface area contributed by atoms with Crippen molar-refractivity contribution in [3.8, 4) is 5.75 Å². The van der Waals surface area contributed by atoms with E-state index in [2.05, 4.69) is 37.3 Å². The number of hydrogen-bond acceptors (Lipinski definition) is 1. The molecule has 0 amide bonds. The van der Waals surface area contributed by atoms with Gasteiger partial charge in [-0.05, 0) is 65.6 Å². The van der Waals surface area contributed by atoms with Crippen LogP contribution in [0.15, 0.2) is 36.4 Å². The van der Waals surface area contributed by atoms with Gasteiger partial charge in [0.05, 0.1) is 0 Å². The lowest BCUT2D eigenvalue weighted by Gasteiger charge is -2.14. The average molecular weight is 278 g/mol. The molecular formula is C20H22O. The zero-order valence-electron chi connectivity index (χ0n) is 12.6. The molecule has 0 unspecified atom stereocenters. The number of hydrogen-bond donors (Lipinski definition) is 1. The third kappa shape index (κ3) is 3.18. The van der Waals surface area contributed by atoms with E-state index in [1.54, 1.807) is 6.07 Å². The van der Waals surface area contributed by atoms with Gasteiger partial charge in [0.1, 0.15) is 5.75 Å². The van der Waals surface area contributed by atoms with Gasteiger partial charge in [0.15, 0.2) is 0 Å². The molecule has 0 aromatic heterocycles. The Morgan fingerprint density at radius 1 is 0.905 bits per heavy atom. The van der Waals surface area contributed by atoms with Crippen molar-refractivity contribution in [2.75, 3.05) is 0 Å². The highest BCUT2D eigenvalue weighted by Crippen LogP contribution is 2.26. The van der Waals surface area contributed by atoms with Crippen molar-refractivity contribution in [1.82, 2.24) is 0 Å². The SMILES string of the molecule is CCCCc1ccc2c(c1)CCc1cc(O)ccc1/C=C\2. The Bertz CT molecular complexity index is 668. The van der Waals surface area contributed by atoms with Gasteiger partial charge in [-0.25, -0.2) is 0 Å². The van der Waals surface area contributed by atoms with Crippen LogP contribution in [0.3, 0.4) is 0 Å². The number of rotatable bonds is 3. The summed E-state index contributed by atoms with van der Waals surface area (Å²) in [7, 11) is 0. The molecule has 0 atom stereocenters. The van der Waals surface area contributed by atoms with Crippen molar-refractivity contribution in [2.45, 2.75) is 39.0 Å². The molecule has 1 nitrogen and oxygen atoms in total. The molecule has 0 saturated carbocycles.